The maximum absolute atomic E-state index is 11.8. The molecule has 0 saturated heterocycles. The molecule has 0 spiro atoms. The highest BCUT2D eigenvalue weighted by molar-refractivity contribution is 14.1. The van der Waals surface area contributed by atoms with Crippen LogP contribution < -0.4 is 5.63 Å². The quantitative estimate of drug-likeness (QED) is 0.460. The molecule has 2 aromatic rings. The van der Waals surface area contributed by atoms with Crippen LogP contribution in [0.2, 0.25) is 0 Å². The Morgan fingerprint density at radius 1 is 1.21 bits per heavy atom. The van der Waals surface area contributed by atoms with Crippen molar-refractivity contribution in [2.45, 2.75) is 32.6 Å². The second-order valence-electron chi connectivity index (χ2n) is 4.34. The van der Waals surface area contributed by atoms with Gasteiger partial charge in [-0.25, -0.2) is 4.79 Å². The summed E-state index contributed by atoms with van der Waals surface area (Å²) in [5.74, 6) is 6.55. The standard InChI is InChI=1S/C16H15IO2/c1-2-3-4-5-6-11-14-15(17)12-9-7-8-10-13(12)16(18)19-14/h7-10H,2-5H2,1H3. The second-order valence-corrected chi connectivity index (χ2v) is 5.42. The van der Waals surface area contributed by atoms with Crippen molar-refractivity contribution in [3.8, 4) is 11.8 Å². The van der Waals surface area contributed by atoms with Gasteiger partial charge in [-0.2, -0.15) is 0 Å². The van der Waals surface area contributed by atoms with E-state index in [9.17, 15) is 4.79 Å². The third kappa shape index (κ3) is 3.38. The molecule has 2 rings (SSSR count). The lowest BCUT2D eigenvalue weighted by atomic mass is 10.1. The predicted molar refractivity (Wildman–Crippen MR) is 86.2 cm³/mol. The average molecular weight is 366 g/mol. The molecule has 0 unspecified atom stereocenters. The summed E-state index contributed by atoms with van der Waals surface area (Å²) in [5.41, 5.74) is -0.311. The van der Waals surface area contributed by atoms with Crippen LogP contribution in [0.5, 0.6) is 0 Å². The van der Waals surface area contributed by atoms with Gasteiger partial charge in [0.1, 0.15) is 0 Å². The number of hydrogen-bond acceptors (Lipinski definition) is 2. The van der Waals surface area contributed by atoms with Gasteiger partial charge in [0.15, 0.2) is 5.76 Å². The number of halogens is 1. The van der Waals surface area contributed by atoms with Crippen LogP contribution in [0, 0.1) is 15.4 Å². The Morgan fingerprint density at radius 2 is 1.95 bits per heavy atom. The summed E-state index contributed by atoms with van der Waals surface area (Å²) in [6, 6.07) is 7.46. The van der Waals surface area contributed by atoms with Crippen LogP contribution in [-0.2, 0) is 0 Å². The number of unbranched alkanes of at least 4 members (excludes halogenated alkanes) is 3. The first-order valence-electron chi connectivity index (χ1n) is 6.44. The monoisotopic (exact) mass is 366 g/mol. The van der Waals surface area contributed by atoms with E-state index in [1.807, 2.05) is 18.2 Å². The van der Waals surface area contributed by atoms with Crippen LogP contribution in [0.4, 0.5) is 0 Å². The fraction of sp³-hybridized carbons (Fsp3) is 0.312. The Bertz CT molecular complexity index is 689. The zero-order valence-electron chi connectivity index (χ0n) is 10.8. The molecule has 0 aliphatic heterocycles. The molecule has 0 saturated carbocycles. The van der Waals surface area contributed by atoms with Crippen LogP contribution in [0.1, 0.15) is 38.4 Å². The first-order valence-corrected chi connectivity index (χ1v) is 7.52. The number of fused-ring (bicyclic) bond motifs is 1. The summed E-state index contributed by atoms with van der Waals surface area (Å²) in [5, 5.41) is 1.53. The first kappa shape index (κ1) is 14.1. The molecule has 19 heavy (non-hydrogen) atoms. The molecular weight excluding hydrogens is 351 g/mol. The molecule has 2 nitrogen and oxygen atoms in total. The van der Waals surface area contributed by atoms with E-state index in [1.54, 1.807) is 6.07 Å². The van der Waals surface area contributed by atoms with Gasteiger partial charge in [0, 0.05) is 11.8 Å². The minimum Gasteiger partial charge on any atom is -0.412 e. The number of hydrogen-bond donors (Lipinski definition) is 0. The van der Waals surface area contributed by atoms with Gasteiger partial charge < -0.3 is 4.42 Å². The molecule has 3 heteroatoms. The van der Waals surface area contributed by atoms with E-state index in [1.165, 1.54) is 12.8 Å². The van der Waals surface area contributed by atoms with Gasteiger partial charge in [-0.15, -0.1) is 0 Å². The summed E-state index contributed by atoms with van der Waals surface area (Å²) < 4.78 is 6.20. The van der Waals surface area contributed by atoms with E-state index in [0.717, 1.165) is 21.8 Å². The first-order chi connectivity index (χ1) is 9.24. The van der Waals surface area contributed by atoms with Gasteiger partial charge in [0.05, 0.1) is 8.96 Å². The summed E-state index contributed by atoms with van der Waals surface area (Å²) >= 11 is 2.19. The molecule has 0 N–H and O–H groups in total. The van der Waals surface area contributed by atoms with E-state index in [2.05, 4.69) is 41.4 Å². The smallest absolute Gasteiger partial charge is 0.344 e. The fourth-order valence-electron chi connectivity index (χ4n) is 1.85. The Balaban J connectivity index is 2.34. The molecule has 1 aromatic heterocycles. The lowest BCUT2D eigenvalue weighted by molar-refractivity contribution is 0.503. The minimum absolute atomic E-state index is 0.311. The minimum atomic E-state index is -0.311. The molecule has 0 bridgehead atoms. The van der Waals surface area contributed by atoms with Crippen molar-refractivity contribution in [2.75, 3.05) is 0 Å². The number of benzene rings is 1. The molecule has 1 heterocycles. The third-order valence-electron chi connectivity index (χ3n) is 2.88. The van der Waals surface area contributed by atoms with Crippen LogP contribution in [0.15, 0.2) is 33.5 Å². The highest BCUT2D eigenvalue weighted by Crippen LogP contribution is 2.20. The zero-order valence-corrected chi connectivity index (χ0v) is 13.0. The van der Waals surface area contributed by atoms with Crippen molar-refractivity contribution in [3.63, 3.8) is 0 Å². The SMILES string of the molecule is CCCCCC#Cc1oc(=O)c2ccccc2c1I. The maximum Gasteiger partial charge on any atom is 0.344 e. The van der Waals surface area contributed by atoms with Crippen molar-refractivity contribution >= 4 is 33.4 Å². The summed E-state index contributed by atoms with van der Waals surface area (Å²) in [6.07, 6.45) is 4.32. The van der Waals surface area contributed by atoms with Gasteiger partial charge in [0.2, 0.25) is 0 Å². The van der Waals surface area contributed by atoms with Crippen LogP contribution in [0.3, 0.4) is 0 Å². The Hall–Kier alpha value is -1.28. The lowest BCUT2D eigenvalue weighted by Crippen LogP contribution is -2.03. The molecule has 0 amide bonds. The molecular formula is C16H15IO2. The van der Waals surface area contributed by atoms with E-state index < -0.39 is 0 Å². The normalized spacial score (nSPS) is 10.2. The maximum atomic E-state index is 11.8. The summed E-state index contributed by atoms with van der Waals surface area (Å²) in [7, 11) is 0. The molecule has 1 aromatic carbocycles. The van der Waals surface area contributed by atoms with Crippen molar-refractivity contribution < 1.29 is 4.42 Å². The molecule has 0 atom stereocenters. The molecule has 0 aliphatic rings. The Kier molecular flexibility index (Phi) is 5.03. The highest BCUT2D eigenvalue weighted by atomic mass is 127. The average Bonchev–Trinajstić information content (AvgIpc) is 2.44. The molecule has 0 aliphatic carbocycles. The van der Waals surface area contributed by atoms with E-state index in [-0.39, 0.29) is 5.63 Å². The third-order valence-corrected chi connectivity index (χ3v) is 3.96. The topological polar surface area (TPSA) is 30.2 Å². The van der Waals surface area contributed by atoms with Gasteiger partial charge in [0.25, 0.3) is 0 Å². The van der Waals surface area contributed by atoms with Crippen molar-refractivity contribution in [1.82, 2.24) is 0 Å². The highest BCUT2D eigenvalue weighted by Gasteiger charge is 2.08. The largest absolute Gasteiger partial charge is 0.412 e. The van der Waals surface area contributed by atoms with E-state index >= 15 is 0 Å². The second kappa shape index (κ2) is 6.76. The predicted octanol–water partition coefficient (Wildman–Crippen LogP) is 4.33. The van der Waals surface area contributed by atoms with Crippen LogP contribution in [-0.4, -0.2) is 0 Å². The zero-order chi connectivity index (χ0) is 13.7. The van der Waals surface area contributed by atoms with Crippen LogP contribution >= 0.6 is 22.6 Å². The van der Waals surface area contributed by atoms with Gasteiger partial charge >= 0.3 is 5.63 Å². The summed E-state index contributed by atoms with van der Waals surface area (Å²) in [6.45, 7) is 2.17. The molecule has 0 fully saturated rings. The molecule has 98 valence electrons. The van der Waals surface area contributed by atoms with Crippen molar-refractivity contribution in [1.29, 1.82) is 0 Å². The van der Waals surface area contributed by atoms with Gasteiger partial charge in [-0.3, -0.25) is 0 Å². The number of rotatable bonds is 3. The Morgan fingerprint density at radius 3 is 2.68 bits per heavy atom. The van der Waals surface area contributed by atoms with Gasteiger partial charge in [-0.1, -0.05) is 43.9 Å². The van der Waals surface area contributed by atoms with Gasteiger partial charge in [-0.05, 0) is 41.0 Å². The Labute approximate surface area is 126 Å². The molecule has 0 radical (unpaired) electrons. The summed E-state index contributed by atoms with van der Waals surface area (Å²) in [4.78, 5) is 11.8. The van der Waals surface area contributed by atoms with Crippen molar-refractivity contribution in [3.05, 3.63) is 44.0 Å². The lowest BCUT2D eigenvalue weighted by Gasteiger charge is -2.00. The fourth-order valence-corrected chi connectivity index (χ4v) is 2.57. The van der Waals surface area contributed by atoms with Crippen LogP contribution in [0.25, 0.3) is 10.8 Å². The van der Waals surface area contributed by atoms with E-state index in [4.69, 9.17) is 4.42 Å². The van der Waals surface area contributed by atoms with Crippen molar-refractivity contribution in [2.24, 2.45) is 0 Å². The van der Waals surface area contributed by atoms with E-state index in [0.29, 0.717) is 11.1 Å².